The number of aromatic nitrogens is 2. The van der Waals surface area contributed by atoms with Crippen LogP contribution in [0.2, 0.25) is 0 Å². The van der Waals surface area contributed by atoms with Gasteiger partial charge in [-0.3, -0.25) is 0 Å². The Morgan fingerprint density at radius 3 is 2.85 bits per heavy atom. The number of nitrogens with one attached hydrogen (secondary N) is 1. The molecule has 0 aromatic carbocycles. The molecule has 74 valence electrons. The topological polar surface area (TPSA) is 54.2 Å². The van der Waals surface area contributed by atoms with Crippen molar-refractivity contribution in [3.05, 3.63) is 11.7 Å². The highest BCUT2D eigenvalue weighted by atomic mass is 16.5. The standard InChI is InChI=1S/C8H16N4O/c1-9-5-4-7-10-8(13-11-7)6-12(2)3/h9H,4-6H2,1-3H3. The van der Waals surface area contributed by atoms with Crippen LogP contribution in [0.3, 0.4) is 0 Å². The summed E-state index contributed by atoms with van der Waals surface area (Å²) in [4.78, 5) is 6.22. The Balaban J connectivity index is 2.44. The molecule has 0 aliphatic carbocycles. The number of nitrogens with zero attached hydrogens (tertiary/aromatic N) is 3. The first-order chi connectivity index (χ1) is 6.22. The monoisotopic (exact) mass is 184 g/mol. The highest BCUT2D eigenvalue weighted by Gasteiger charge is 2.05. The van der Waals surface area contributed by atoms with Gasteiger partial charge < -0.3 is 14.7 Å². The minimum atomic E-state index is 0.677. The highest BCUT2D eigenvalue weighted by Crippen LogP contribution is 1.99. The van der Waals surface area contributed by atoms with Gasteiger partial charge in [0.15, 0.2) is 5.82 Å². The van der Waals surface area contributed by atoms with Gasteiger partial charge in [0.05, 0.1) is 6.54 Å². The van der Waals surface area contributed by atoms with Crippen LogP contribution in [0.1, 0.15) is 11.7 Å². The molecule has 0 atom stereocenters. The van der Waals surface area contributed by atoms with Crippen LogP contribution in [-0.2, 0) is 13.0 Å². The van der Waals surface area contributed by atoms with Gasteiger partial charge in [-0.15, -0.1) is 0 Å². The Hall–Kier alpha value is -0.940. The molecule has 1 N–H and O–H groups in total. The van der Waals surface area contributed by atoms with E-state index in [2.05, 4.69) is 15.5 Å². The molecule has 1 heterocycles. The molecule has 1 rings (SSSR count). The van der Waals surface area contributed by atoms with Gasteiger partial charge in [0.25, 0.3) is 0 Å². The first-order valence-electron chi connectivity index (χ1n) is 4.33. The third kappa shape index (κ3) is 3.52. The van der Waals surface area contributed by atoms with E-state index in [1.54, 1.807) is 0 Å². The van der Waals surface area contributed by atoms with E-state index in [1.807, 2.05) is 26.0 Å². The van der Waals surface area contributed by atoms with Crippen molar-refractivity contribution in [1.82, 2.24) is 20.4 Å². The molecule has 0 bridgehead atoms. The summed E-state index contributed by atoms with van der Waals surface area (Å²) < 4.78 is 5.04. The van der Waals surface area contributed by atoms with Crippen LogP contribution in [0.5, 0.6) is 0 Å². The van der Waals surface area contributed by atoms with Crippen molar-refractivity contribution in [2.45, 2.75) is 13.0 Å². The summed E-state index contributed by atoms with van der Waals surface area (Å²) >= 11 is 0. The summed E-state index contributed by atoms with van der Waals surface area (Å²) in [6.45, 7) is 1.58. The molecule has 1 aromatic heterocycles. The van der Waals surface area contributed by atoms with Crippen molar-refractivity contribution in [2.75, 3.05) is 27.7 Å². The second-order valence-electron chi connectivity index (χ2n) is 3.20. The fourth-order valence-corrected chi connectivity index (χ4v) is 0.963. The molecule has 13 heavy (non-hydrogen) atoms. The van der Waals surface area contributed by atoms with Crippen molar-refractivity contribution in [3.63, 3.8) is 0 Å². The Morgan fingerprint density at radius 1 is 1.46 bits per heavy atom. The van der Waals surface area contributed by atoms with Crippen LogP contribution >= 0.6 is 0 Å². The third-order valence-corrected chi connectivity index (χ3v) is 1.56. The van der Waals surface area contributed by atoms with Gasteiger partial charge in [-0.1, -0.05) is 5.16 Å². The molecule has 0 fully saturated rings. The minimum absolute atomic E-state index is 0.677. The molecule has 0 spiro atoms. The van der Waals surface area contributed by atoms with Crippen LogP contribution in [0.25, 0.3) is 0 Å². The Morgan fingerprint density at radius 2 is 2.23 bits per heavy atom. The largest absolute Gasteiger partial charge is 0.338 e. The van der Waals surface area contributed by atoms with E-state index in [-0.39, 0.29) is 0 Å². The van der Waals surface area contributed by atoms with Crippen LogP contribution in [0.15, 0.2) is 4.52 Å². The fraction of sp³-hybridized carbons (Fsp3) is 0.750. The Bertz CT molecular complexity index is 246. The maximum atomic E-state index is 5.04. The zero-order valence-corrected chi connectivity index (χ0v) is 8.37. The summed E-state index contributed by atoms with van der Waals surface area (Å²) in [7, 11) is 5.84. The van der Waals surface area contributed by atoms with Crippen molar-refractivity contribution in [2.24, 2.45) is 0 Å². The minimum Gasteiger partial charge on any atom is -0.338 e. The average molecular weight is 184 g/mol. The number of rotatable bonds is 5. The molecule has 0 radical (unpaired) electrons. The second kappa shape index (κ2) is 4.94. The molecule has 1 aromatic rings. The van der Waals surface area contributed by atoms with E-state index in [9.17, 15) is 0 Å². The molecule has 5 heteroatoms. The lowest BCUT2D eigenvalue weighted by Crippen LogP contribution is -2.12. The van der Waals surface area contributed by atoms with Crippen molar-refractivity contribution in [3.8, 4) is 0 Å². The normalized spacial score (nSPS) is 11.1. The van der Waals surface area contributed by atoms with Gasteiger partial charge >= 0.3 is 0 Å². The maximum Gasteiger partial charge on any atom is 0.240 e. The van der Waals surface area contributed by atoms with Gasteiger partial charge in [-0.25, -0.2) is 0 Å². The summed E-state index contributed by atoms with van der Waals surface area (Å²) in [5.74, 6) is 1.45. The van der Waals surface area contributed by atoms with Crippen LogP contribution < -0.4 is 5.32 Å². The van der Waals surface area contributed by atoms with Crippen LogP contribution in [0.4, 0.5) is 0 Å². The van der Waals surface area contributed by atoms with E-state index >= 15 is 0 Å². The van der Waals surface area contributed by atoms with Crippen molar-refractivity contribution < 1.29 is 4.52 Å². The lowest BCUT2D eigenvalue weighted by atomic mass is 10.4. The summed E-state index contributed by atoms with van der Waals surface area (Å²) in [5, 5.41) is 6.89. The molecular formula is C8H16N4O. The second-order valence-corrected chi connectivity index (χ2v) is 3.20. The van der Waals surface area contributed by atoms with Crippen LogP contribution in [-0.4, -0.2) is 42.7 Å². The lowest BCUT2D eigenvalue weighted by molar-refractivity contribution is 0.301. The molecule has 0 unspecified atom stereocenters. The molecule has 0 saturated heterocycles. The Kier molecular flexibility index (Phi) is 3.85. The highest BCUT2D eigenvalue weighted by molar-refractivity contribution is 4.86. The van der Waals surface area contributed by atoms with Crippen molar-refractivity contribution >= 4 is 0 Å². The fourth-order valence-electron chi connectivity index (χ4n) is 0.963. The third-order valence-electron chi connectivity index (χ3n) is 1.56. The van der Waals surface area contributed by atoms with Gasteiger partial charge in [0.1, 0.15) is 0 Å². The predicted molar refractivity (Wildman–Crippen MR) is 49.3 cm³/mol. The van der Waals surface area contributed by atoms with E-state index < -0.39 is 0 Å². The number of likely N-dealkylation sites (N-methyl/N-ethyl adjacent to an activating group) is 1. The lowest BCUT2D eigenvalue weighted by Gasteiger charge is -2.02. The van der Waals surface area contributed by atoms with Gasteiger partial charge in [0, 0.05) is 13.0 Å². The molecule has 5 nitrogen and oxygen atoms in total. The first-order valence-corrected chi connectivity index (χ1v) is 4.33. The maximum absolute atomic E-state index is 5.04. The molecular weight excluding hydrogens is 168 g/mol. The number of hydrogen-bond donors (Lipinski definition) is 1. The Labute approximate surface area is 78.1 Å². The molecule has 0 aliphatic rings. The number of hydrogen-bond acceptors (Lipinski definition) is 5. The molecule has 0 aliphatic heterocycles. The van der Waals surface area contributed by atoms with Gasteiger partial charge in [-0.2, -0.15) is 4.98 Å². The summed E-state index contributed by atoms with van der Waals surface area (Å²) in [6, 6.07) is 0. The van der Waals surface area contributed by atoms with Gasteiger partial charge in [-0.05, 0) is 21.1 Å². The van der Waals surface area contributed by atoms with Crippen LogP contribution in [0, 0.1) is 0 Å². The van der Waals surface area contributed by atoms with Crippen molar-refractivity contribution in [1.29, 1.82) is 0 Å². The summed E-state index contributed by atoms with van der Waals surface area (Å²) in [5.41, 5.74) is 0. The predicted octanol–water partition coefficient (Wildman–Crippen LogP) is -0.107. The average Bonchev–Trinajstić information content (AvgIpc) is 2.48. The van der Waals surface area contributed by atoms with E-state index in [0.29, 0.717) is 12.4 Å². The zero-order chi connectivity index (χ0) is 9.68. The SMILES string of the molecule is CNCCc1noc(CN(C)C)n1. The van der Waals surface area contributed by atoms with E-state index in [0.717, 1.165) is 18.8 Å². The zero-order valence-electron chi connectivity index (χ0n) is 8.37. The molecule has 0 saturated carbocycles. The summed E-state index contributed by atoms with van der Waals surface area (Å²) in [6.07, 6.45) is 0.813. The van der Waals surface area contributed by atoms with E-state index in [4.69, 9.17) is 4.52 Å². The van der Waals surface area contributed by atoms with Gasteiger partial charge in [0.2, 0.25) is 5.89 Å². The smallest absolute Gasteiger partial charge is 0.240 e. The molecule has 0 amide bonds. The van der Waals surface area contributed by atoms with E-state index in [1.165, 1.54) is 0 Å². The quantitative estimate of drug-likeness (QED) is 0.692. The first kappa shape index (κ1) is 10.1.